The normalized spacial score (nSPS) is 10.6. The number of hydrogen-bond acceptors (Lipinski definition) is 4. The number of hydrogen-bond donors (Lipinski definition) is 2. The Morgan fingerprint density at radius 1 is 1.29 bits per heavy atom. The number of nitrogens with zero attached hydrogens (tertiary/aromatic N) is 1. The topological polar surface area (TPSA) is 89.4 Å². The molecule has 0 aromatic rings. The summed E-state index contributed by atoms with van der Waals surface area (Å²) in [7, 11) is 1.74. The van der Waals surface area contributed by atoms with Crippen LogP contribution in [0.5, 0.6) is 0 Å². The van der Waals surface area contributed by atoms with E-state index in [-0.39, 0.29) is 35.2 Å². The Hall–Kier alpha value is -0.460. The van der Waals surface area contributed by atoms with Crippen LogP contribution in [0.1, 0.15) is 13.8 Å². The van der Waals surface area contributed by atoms with Crippen LogP contribution in [0.15, 0.2) is 0 Å². The third-order valence-electron chi connectivity index (χ3n) is 2.11. The van der Waals surface area contributed by atoms with Gasteiger partial charge in [0.05, 0.1) is 11.5 Å². The average Bonchev–Trinajstić information content (AvgIpc) is 2.16. The van der Waals surface area contributed by atoms with Crippen LogP contribution in [-0.4, -0.2) is 48.4 Å². The molecule has 0 saturated heterocycles. The van der Waals surface area contributed by atoms with Crippen molar-refractivity contribution in [3.63, 3.8) is 0 Å². The lowest BCUT2D eigenvalue weighted by molar-refractivity contribution is -0.128. The molecular weight excluding hydrogens is 262 g/mol. The third-order valence-corrected chi connectivity index (χ3v) is 3.05. The molecule has 0 aliphatic rings. The summed E-state index contributed by atoms with van der Waals surface area (Å²) >= 11 is 1.23. The van der Waals surface area contributed by atoms with Gasteiger partial charge in [0, 0.05) is 13.6 Å². The van der Waals surface area contributed by atoms with Crippen molar-refractivity contribution in [3.8, 4) is 0 Å². The quantitative estimate of drug-likeness (QED) is 0.692. The molecule has 0 radical (unpaired) electrons. The number of halogens is 1. The average molecular weight is 284 g/mol. The van der Waals surface area contributed by atoms with Crippen LogP contribution < -0.4 is 11.5 Å². The number of rotatable bonds is 7. The zero-order valence-corrected chi connectivity index (χ0v) is 12.2. The van der Waals surface area contributed by atoms with E-state index < -0.39 is 5.91 Å². The van der Waals surface area contributed by atoms with Gasteiger partial charge < -0.3 is 16.4 Å². The van der Waals surface area contributed by atoms with Crippen LogP contribution in [0.2, 0.25) is 0 Å². The zero-order chi connectivity index (χ0) is 12.8. The molecule has 4 N–H and O–H groups in total. The molecule has 0 spiro atoms. The summed E-state index contributed by atoms with van der Waals surface area (Å²) in [6.45, 7) is 5.15. The molecule has 0 unspecified atom stereocenters. The van der Waals surface area contributed by atoms with Gasteiger partial charge >= 0.3 is 0 Å². The fraction of sp³-hybridized carbons (Fsp3) is 0.800. The van der Waals surface area contributed by atoms with Gasteiger partial charge in [0.1, 0.15) is 0 Å². The molecule has 0 rings (SSSR count). The van der Waals surface area contributed by atoms with E-state index in [1.807, 2.05) is 13.8 Å². The smallest absolute Gasteiger partial charge is 0.232 e. The Morgan fingerprint density at radius 3 is 2.24 bits per heavy atom. The van der Waals surface area contributed by atoms with Crippen molar-refractivity contribution in [1.82, 2.24) is 4.90 Å². The maximum absolute atomic E-state index is 11.6. The van der Waals surface area contributed by atoms with Gasteiger partial charge in [-0.25, -0.2) is 0 Å². The zero-order valence-electron chi connectivity index (χ0n) is 10.6. The summed E-state index contributed by atoms with van der Waals surface area (Å²) in [5.41, 5.74) is 10.5. The first kappa shape index (κ1) is 18.9. The van der Waals surface area contributed by atoms with Crippen LogP contribution in [0.3, 0.4) is 0 Å². The molecule has 2 amide bonds. The fourth-order valence-electron chi connectivity index (χ4n) is 1.14. The number of carbonyl (C=O) groups excluding carboxylic acids is 2. The van der Waals surface area contributed by atoms with Crippen molar-refractivity contribution in [1.29, 1.82) is 0 Å². The Bertz CT molecular complexity index is 262. The molecule has 0 fully saturated rings. The summed E-state index contributed by atoms with van der Waals surface area (Å²) in [5, 5.41) is 0. The molecule has 5 nitrogen and oxygen atoms in total. The minimum absolute atomic E-state index is 0. The monoisotopic (exact) mass is 283 g/mol. The summed E-state index contributed by atoms with van der Waals surface area (Å²) in [6, 6.07) is 0. The van der Waals surface area contributed by atoms with Crippen LogP contribution in [0, 0.1) is 5.41 Å². The minimum Gasteiger partial charge on any atom is -0.369 e. The molecular formula is C10H22ClN3O2S. The van der Waals surface area contributed by atoms with Crippen LogP contribution in [0.4, 0.5) is 0 Å². The second-order valence-corrected chi connectivity index (χ2v) is 5.56. The Labute approximate surface area is 113 Å². The lowest BCUT2D eigenvalue weighted by Gasteiger charge is -2.28. The highest BCUT2D eigenvalue weighted by Gasteiger charge is 2.20. The molecule has 0 aliphatic carbocycles. The SMILES string of the molecule is CN(CC(C)(C)CN)C(=O)CSCC(N)=O.Cl. The van der Waals surface area contributed by atoms with Gasteiger partial charge in [0.25, 0.3) is 0 Å². The second kappa shape index (κ2) is 8.60. The first-order valence-corrected chi connectivity index (χ1v) is 6.24. The van der Waals surface area contributed by atoms with Crippen LogP contribution >= 0.6 is 24.2 Å². The van der Waals surface area contributed by atoms with E-state index in [4.69, 9.17) is 11.5 Å². The van der Waals surface area contributed by atoms with E-state index >= 15 is 0 Å². The molecule has 7 heteroatoms. The molecule has 0 aliphatic heterocycles. The van der Waals surface area contributed by atoms with Gasteiger partial charge in [0.15, 0.2) is 0 Å². The van der Waals surface area contributed by atoms with E-state index in [2.05, 4.69) is 0 Å². The predicted octanol–water partition coefficient (Wildman–Crippen LogP) is 0.0700. The van der Waals surface area contributed by atoms with Gasteiger partial charge in [-0.2, -0.15) is 0 Å². The van der Waals surface area contributed by atoms with E-state index in [0.29, 0.717) is 13.1 Å². The van der Waals surface area contributed by atoms with Gasteiger partial charge in [-0.1, -0.05) is 13.8 Å². The molecule has 0 aromatic heterocycles. The number of thioether (sulfide) groups is 1. The van der Waals surface area contributed by atoms with Crippen molar-refractivity contribution in [2.75, 3.05) is 31.6 Å². The van der Waals surface area contributed by atoms with E-state index in [1.54, 1.807) is 11.9 Å². The minimum atomic E-state index is -0.400. The maximum Gasteiger partial charge on any atom is 0.232 e. The highest BCUT2D eigenvalue weighted by Crippen LogP contribution is 2.14. The number of carbonyl (C=O) groups is 2. The highest BCUT2D eigenvalue weighted by atomic mass is 35.5. The van der Waals surface area contributed by atoms with Crippen molar-refractivity contribution in [3.05, 3.63) is 0 Å². The maximum atomic E-state index is 11.6. The predicted molar refractivity (Wildman–Crippen MR) is 74.2 cm³/mol. The summed E-state index contributed by atoms with van der Waals surface area (Å²) in [6.07, 6.45) is 0. The Balaban J connectivity index is 0. The molecule has 102 valence electrons. The van der Waals surface area contributed by atoms with Gasteiger partial charge in [-0.15, -0.1) is 24.2 Å². The van der Waals surface area contributed by atoms with Gasteiger partial charge in [-0.05, 0) is 12.0 Å². The van der Waals surface area contributed by atoms with E-state index in [0.717, 1.165) is 0 Å². The van der Waals surface area contributed by atoms with Gasteiger partial charge in [-0.3, -0.25) is 9.59 Å². The fourth-order valence-corrected chi connectivity index (χ4v) is 1.84. The third kappa shape index (κ3) is 9.26. The largest absolute Gasteiger partial charge is 0.369 e. The number of primary amides is 1. The first-order valence-electron chi connectivity index (χ1n) is 5.08. The molecule has 0 saturated carbocycles. The van der Waals surface area contributed by atoms with Crippen LogP contribution in [-0.2, 0) is 9.59 Å². The van der Waals surface area contributed by atoms with Gasteiger partial charge in [0.2, 0.25) is 11.8 Å². The number of amides is 2. The van der Waals surface area contributed by atoms with Crippen molar-refractivity contribution in [2.24, 2.45) is 16.9 Å². The molecule has 17 heavy (non-hydrogen) atoms. The standard InChI is InChI=1S/C10H21N3O2S.ClH/c1-10(2,6-11)7-13(3)9(15)5-16-4-8(12)14;/h4-7,11H2,1-3H3,(H2,12,14);1H. The summed E-state index contributed by atoms with van der Waals surface area (Å²) in [5.74, 6) is 0.0514. The Kier molecular flexibility index (Phi) is 9.56. The van der Waals surface area contributed by atoms with E-state index in [9.17, 15) is 9.59 Å². The van der Waals surface area contributed by atoms with Crippen LogP contribution in [0.25, 0.3) is 0 Å². The van der Waals surface area contributed by atoms with Crippen molar-refractivity contribution in [2.45, 2.75) is 13.8 Å². The Morgan fingerprint density at radius 2 is 1.82 bits per heavy atom. The lowest BCUT2D eigenvalue weighted by atomic mass is 9.93. The van der Waals surface area contributed by atoms with E-state index in [1.165, 1.54) is 11.8 Å². The summed E-state index contributed by atoms with van der Waals surface area (Å²) < 4.78 is 0. The molecule has 0 heterocycles. The highest BCUT2D eigenvalue weighted by molar-refractivity contribution is 8.00. The lowest BCUT2D eigenvalue weighted by Crippen LogP contribution is -2.40. The molecule has 0 aromatic carbocycles. The van der Waals surface area contributed by atoms with Crippen molar-refractivity contribution < 1.29 is 9.59 Å². The number of nitrogens with two attached hydrogens (primary N) is 2. The van der Waals surface area contributed by atoms with Crippen molar-refractivity contribution >= 4 is 36.0 Å². The summed E-state index contributed by atoms with van der Waals surface area (Å²) in [4.78, 5) is 23.8. The molecule has 0 bridgehead atoms. The second-order valence-electron chi connectivity index (χ2n) is 4.58. The molecule has 0 atom stereocenters. The first-order chi connectivity index (χ1) is 7.28.